The summed E-state index contributed by atoms with van der Waals surface area (Å²) in [5.74, 6) is -0.663. The number of hydrogen-bond acceptors (Lipinski definition) is 5. The number of nitrogens with zero attached hydrogens (tertiary/aromatic N) is 1. The van der Waals surface area contributed by atoms with Gasteiger partial charge in [-0.3, -0.25) is 4.79 Å². The van der Waals surface area contributed by atoms with Crippen LogP contribution in [0.15, 0.2) is 12.1 Å². The van der Waals surface area contributed by atoms with Gasteiger partial charge in [0, 0.05) is 12.1 Å². The fourth-order valence-electron chi connectivity index (χ4n) is 2.35. The van der Waals surface area contributed by atoms with Gasteiger partial charge in [0.05, 0.1) is 31.9 Å². The summed E-state index contributed by atoms with van der Waals surface area (Å²) in [5.41, 5.74) is 0.312. The number of amides is 1. The molecular formula is C16H20ClNO6. The van der Waals surface area contributed by atoms with E-state index in [0.717, 1.165) is 6.42 Å². The fraction of sp³-hybridized carbons (Fsp3) is 0.500. The molecule has 1 aromatic carbocycles. The number of rotatable bonds is 6. The minimum Gasteiger partial charge on any atom is -0.493 e. The van der Waals surface area contributed by atoms with Crippen LogP contribution >= 0.6 is 11.6 Å². The summed E-state index contributed by atoms with van der Waals surface area (Å²) in [6.07, 6.45) is -0.211. The van der Waals surface area contributed by atoms with Gasteiger partial charge in [-0.2, -0.15) is 0 Å². The third-order valence-electron chi connectivity index (χ3n) is 3.56. The summed E-state index contributed by atoms with van der Waals surface area (Å²) >= 11 is 6.22. The number of benzene rings is 1. The maximum Gasteiger partial charge on any atom is 0.334 e. The van der Waals surface area contributed by atoms with E-state index in [-0.39, 0.29) is 24.1 Å². The Kier molecular flexibility index (Phi) is 6.28. The van der Waals surface area contributed by atoms with Crippen LogP contribution in [0.3, 0.4) is 0 Å². The summed E-state index contributed by atoms with van der Waals surface area (Å²) in [6.45, 7) is 2.92. The zero-order chi connectivity index (χ0) is 17.7. The molecule has 1 heterocycles. The largest absolute Gasteiger partial charge is 0.493 e. The van der Waals surface area contributed by atoms with Crippen molar-refractivity contribution in [1.82, 2.24) is 4.90 Å². The zero-order valence-corrected chi connectivity index (χ0v) is 14.3. The highest BCUT2D eigenvalue weighted by atomic mass is 35.5. The first-order valence-corrected chi connectivity index (χ1v) is 7.99. The van der Waals surface area contributed by atoms with Gasteiger partial charge in [-0.05, 0) is 18.6 Å². The summed E-state index contributed by atoms with van der Waals surface area (Å²) in [4.78, 5) is 25.1. The van der Waals surface area contributed by atoms with Gasteiger partial charge in [0.15, 0.2) is 17.6 Å². The first-order chi connectivity index (χ1) is 11.5. The van der Waals surface area contributed by atoms with Gasteiger partial charge in [-0.1, -0.05) is 18.5 Å². The Morgan fingerprint density at radius 3 is 2.83 bits per heavy atom. The van der Waals surface area contributed by atoms with E-state index < -0.39 is 12.1 Å². The van der Waals surface area contributed by atoms with Gasteiger partial charge in [0.25, 0.3) is 5.91 Å². The first kappa shape index (κ1) is 18.4. The maximum absolute atomic E-state index is 12.6. The second-order valence-corrected chi connectivity index (χ2v) is 5.69. The molecule has 1 atom stereocenters. The molecule has 0 bridgehead atoms. The Balaban J connectivity index is 2.23. The Hall–Kier alpha value is -1.99. The second-order valence-electron chi connectivity index (χ2n) is 5.29. The van der Waals surface area contributed by atoms with Crippen molar-refractivity contribution >= 4 is 23.5 Å². The Morgan fingerprint density at radius 2 is 2.21 bits per heavy atom. The van der Waals surface area contributed by atoms with Gasteiger partial charge in [-0.25, -0.2) is 4.79 Å². The van der Waals surface area contributed by atoms with E-state index in [1.807, 2.05) is 6.92 Å². The van der Waals surface area contributed by atoms with Crippen molar-refractivity contribution in [3.63, 3.8) is 0 Å². The molecule has 2 rings (SSSR count). The summed E-state index contributed by atoms with van der Waals surface area (Å²) in [6, 6.07) is 3.05. The smallest absolute Gasteiger partial charge is 0.334 e. The second kappa shape index (κ2) is 8.21. The van der Waals surface area contributed by atoms with Crippen molar-refractivity contribution in [3.8, 4) is 11.5 Å². The number of morpholine rings is 1. The maximum atomic E-state index is 12.6. The molecule has 1 unspecified atom stereocenters. The third-order valence-corrected chi connectivity index (χ3v) is 3.84. The number of carboxylic acid groups (broad SMARTS) is 1. The molecule has 1 amide bonds. The Bertz CT molecular complexity index is 621. The predicted octanol–water partition coefficient (Wildman–Crippen LogP) is 2.06. The van der Waals surface area contributed by atoms with Crippen LogP contribution in [0.25, 0.3) is 0 Å². The molecule has 0 spiro atoms. The van der Waals surface area contributed by atoms with E-state index in [2.05, 4.69) is 0 Å². The topological polar surface area (TPSA) is 85.3 Å². The van der Waals surface area contributed by atoms with Gasteiger partial charge < -0.3 is 24.2 Å². The predicted molar refractivity (Wildman–Crippen MR) is 87.1 cm³/mol. The van der Waals surface area contributed by atoms with E-state index in [0.29, 0.717) is 30.2 Å². The molecule has 8 heteroatoms. The number of methoxy groups -OCH3 is 1. The lowest BCUT2D eigenvalue weighted by molar-refractivity contribution is -0.154. The zero-order valence-electron chi connectivity index (χ0n) is 13.6. The van der Waals surface area contributed by atoms with Crippen LogP contribution in [0.5, 0.6) is 11.5 Å². The first-order valence-electron chi connectivity index (χ1n) is 7.62. The van der Waals surface area contributed by atoms with Crippen LogP contribution in [0.1, 0.15) is 23.7 Å². The van der Waals surface area contributed by atoms with Crippen molar-refractivity contribution in [2.24, 2.45) is 0 Å². The number of carboxylic acids is 1. The molecule has 1 aliphatic heterocycles. The van der Waals surface area contributed by atoms with E-state index in [4.69, 9.17) is 30.9 Å². The lowest BCUT2D eigenvalue weighted by atomic mass is 10.1. The molecule has 1 aromatic rings. The molecule has 7 nitrogen and oxygen atoms in total. The number of halogens is 1. The molecule has 24 heavy (non-hydrogen) atoms. The highest BCUT2D eigenvalue weighted by Gasteiger charge is 2.30. The molecule has 1 fully saturated rings. The van der Waals surface area contributed by atoms with Crippen LogP contribution in [0.2, 0.25) is 5.02 Å². The molecule has 1 saturated heterocycles. The molecule has 1 N–H and O–H groups in total. The normalized spacial score (nSPS) is 17.5. The standard InChI is InChI=1S/C16H20ClNO6/c1-3-5-24-14-11(17)7-10(8-12(14)22-2)15(19)18-4-6-23-13(9-18)16(20)21/h7-8,13H,3-6,9H2,1-2H3,(H,20,21). The molecule has 132 valence electrons. The Morgan fingerprint density at radius 1 is 1.46 bits per heavy atom. The van der Waals surface area contributed by atoms with Gasteiger partial charge in [-0.15, -0.1) is 0 Å². The molecule has 0 aromatic heterocycles. The molecule has 1 aliphatic rings. The highest BCUT2D eigenvalue weighted by molar-refractivity contribution is 6.32. The van der Waals surface area contributed by atoms with Crippen molar-refractivity contribution in [2.75, 3.05) is 33.4 Å². The monoisotopic (exact) mass is 357 g/mol. The molecular weight excluding hydrogens is 338 g/mol. The summed E-state index contributed by atoms with van der Waals surface area (Å²) in [5, 5.41) is 9.31. The van der Waals surface area contributed by atoms with E-state index >= 15 is 0 Å². The van der Waals surface area contributed by atoms with Gasteiger partial charge in [0.1, 0.15) is 0 Å². The number of aliphatic carboxylic acids is 1. The summed E-state index contributed by atoms with van der Waals surface area (Å²) < 4.78 is 15.9. The lowest BCUT2D eigenvalue weighted by Gasteiger charge is -2.31. The van der Waals surface area contributed by atoms with Crippen LogP contribution in [0, 0.1) is 0 Å². The van der Waals surface area contributed by atoms with Crippen molar-refractivity contribution < 1.29 is 28.9 Å². The molecule has 0 radical (unpaired) electrons. The van der Waals surface area contributed by atoms with Crippen molar-refractivity contribution in [3.05, 3.63) is 22.7 Å². The summed E-state index contributed by atoms with van der Waals surface area (Å²) in [7, 11) is 1.47. The van der Waals surface area contributed by atoms with Crippen molar-refractivity contribution in [2.45, 2.75) is 19.4 Å². The van der Waals surface area contributed by atoms with E-state index in [9.17, 15) is 9.59 Å². The third kappa shape index (κ3) is 4.10. The lowest BCUT2D eigenvalue weighted by Crippen LogP contribution is -2.48. The van der Waals surface area contributed by atoms with E-state index in [1.54, 1.807) is 6.07 Å². The van der Waals surface area contributed by atoms with Gasteiger partial charge >= 0.3 is 5.97 Å². The number of carbonyl (C=O) groups excluding carboxylic acids is 1. The quantitative estimate of drug-likeness (QED) is 0.838. The average Bonchev–Trinajstić information content (AvgIpc) is 2.59. The van der Waals surface area contributed by atoms with Crippen LogP contribution in [-0.2, 0) is 9.53 Å². The fourth-order valence-corrected chi connectivity index (χ4v) is 2.62. The molecule has 0 saturated carbocycles. The highest BCUT2D eigenvalue weighted by Crippen LogP contribution is 2.37. The van der Waals surface area contributed by atoms with Gasteiger partial charge in [0.2, 0.25) is 0 Å². The van der Waals surface area contributed by atoms with Crippen LogP contribution in [0.4, 0.5) is 0 Å². The Labute approximate surface area is 145 Å². The molecule has 0 aliphatic carbocycles. The number of carbonyl (C=O) groups is 2. The van der Waals surface area contributed by atoms with E-state index in [1.165, 1.54) is 18.1 Å². The van der Waals surface area contributed by atoms with Crippen molar-refractivity contribution in [1.29, 1.82) is 0 Å². The minimum atomic E-state index is -1.09. The minimum absolute atomic E-state index is 0.0117. The van der Waals surface area contributed by atoms with Crippen LogP contribution in [-0.4, -0.2) is 61.4 Å². The average molecular weight is 358 g/mol. The number of ether oxygens (including phenoxy) is 3. The van der Waals surface area contributed by atoms with Crippen LogP contribution < -0.4 is 9.47 Å². The SMILES string of the molecule is CCCOc1c(Cl)cc(C(=O)N2CCOC(C(=O)O)C2)cc1OC. The number of hydrogen-bond donors (Lipinski definition) is 1.